The Labute approximate surface area is 93.6 Å². The third kappa shape index (κ3) is 1.63. The first-order valence-electron chi connectivity index (χ1n) is 4.30. The monoisotopic (exact) mass is 240 g/mol. The van der Waals surface area contributed by atoms with Crippen molar-refractivity contribution in [2.75, 3.05) is 19.0 Å². The number of anilines is 1. The molecule has 0 radical (unpaired) electrons. The zero-order valence-electron chi connectivity index (χ0n) is 8.54. The second-order valence-corrected chi connectivity index (χ2v) is 4.19. The van der Waals surface area contributed by atoms with Gasteiger partial charge in [0.15, 0.2) is 5.69 Å². The quantitative estimate of drug-likeness (QED) is 0.789. The minimum Gasteiger partial charge on any atom is -0.477 e. The van der Waals surface area contributed by atoms with Crippen LogP contribution in [0.1, 0.15) is 10.5 Å². The minimum absolute atomic E-state index is 0.181. The van der Waals surface area contributed by atoms with Gasteiger partial charge >= 0.3 is 5.97 Å². The van der Waals surface area contributed by atoms with Crippen LogP contribution in [0.2, 0.25) is 0 Å². The van der Waals surface area contributed by atoms with E-state index in [0.29, 0.717) is 5.13 Å². The van der Waals surface area contributed by atoms with Gasteiger partial charge in [-0.15, -0.1) is 5.10 Å². The van der Waals surface area contributed by atoms with Crippen molar-refractivity contribution in [1.29, 1.82) is 0 Å². The molecule has 0 aliphatic carbocycles. The van der Waals surface area contributed by atoms with E-state index in [-0.39, 0.29) is 10.7 Å². The highest BCUT2D eigenvalue weighted by atomic mass is 32.1. The maximum atomic E-state index is 11.2. The number of carboxylic acids is 1. The van der Waals surface area contributed by atoms with Gasteiger partial charge in [-0.05, 0) is 0 Å². The summed E-state index contributed by atoms with van der Waals surface area (Å²) in [5.74, 6) is -1.20. The second-order valence-electron chi connectivity index (χ2n) is 3.26. The van der Waals surface area contributed by atoms with Gasteiger partial charge < -0.3 is 10.0 Å². The molecule has 8 heteroatoms. The Kier molecular flexibility index (Phi) is 2.35. The van der Waals surface area contributed by atoms with Gasteiger partial charge in [0.05, 0.1) is 0 Å². The zero-order valence-corrected chi connectivity index (χ0v) is 9.35. The van der Waals surface area contributed by atoms with Gasteiger partial charge in [-0.25, -0.2) is 4.79 Å². The predicted octanol–water partition coefficient (Wildman–Crippen LogP) is -0.0848. The number of carboxylic acid groups (broad SMARTS) is 1. The zero-order chi connectivity index (χ0) is 11.9. The molecule has 1 N–H and O–H groups in total. The van der Waals surface area contributed by atoms with Crippen molar-refractivity contribution in [2.24, 2.45) is 0 Å². The number of nitrogens with zero attached hydrogens (tertiary/aromatic N) is 4. The van der Waals surface area contributed by atoms with E-state index < -0.39 is 11.5 Å². The molecule has 84 valence electrons. The lowest BCUT2D eigenvalue weighted by atomic mass is 10.4. The number of hydrogen-bond donors (Lipinski definition) is 1. The highest BCUT2D eigenvalue weighted by Gasteiger charge is 2.15. The van der Waals surface area contributed by atoms with E-state index in [1.165, 1.54) is 0 Å². The van der Waals surface area contributed by atoms with Crippen LogP contribution in [-0.2, 0) is 0 Å². The standard InChI is InChI=1S/C8H8N4O3S/c1-11(2)8-10-12-4(6(14)15)3-5(13)9-7(12)16-8/h3H,1-2H3,(H,14,15). The first-order valence-corrected chi connectivity index (χ1v) is 5.12. The van der Waals surface area contributed by atoms with Gasteiger partial charge in [-0.2, -0.15) is 9.50 Å². The van der Waals surface area contributed by atoms with Crippen LogP contribution in [0.3, 0.4) is 0 Å². The van der Waals surface area contributed by atoms with Crippen LogP contribution >= 0.6 is 11.3 Å². The molecule has 0 amide bonds. The molecule has 0 spiro atoms. The molecule has 2 aromatic rings. The highest BCUT2D eigenvalue weighted by Crippen LogP contribution is 2.19. The van der Waals surface area contributed by atoms with Crippen LogP contribution in [0.5, 0.6) is 0 Å². The molecule has 0 aliphatic rings. The number of rotatable bonds is 2. The van der Waals surface area contributed by atoms with E-state index in [1.54, 1.807) is 19.0 Å². The SMILES string of the molecule is CN(C)c1nn2c(C(=O)O)cc(=O)nc2s1. The molecular weight excluding hydrogens is 232 g/mol. The summed E-state index contributed by atoms with van der Waals surface area (Å²) in [4.78, 5) is 27.8. The number of fused-ring (bicyclic) bond motifs is 1. The fourth-order valence-corrected chi connectivity index (χ4v) is 1.97. The third-order valence-corrected chi connectivity index (χ3v) is 2.92. The van der Waals surface area contributed by atoms with Crippen LogP contribution in [0, 0.1) is 0 Å². The molecule has 0 fully saturated rings. The first kappa shape index (κ1) is 10.6. The third-order valence-electron chi connectivity index (χ3n) is 1.85. The molecule has 0 unspecified atom stereocenters. The largest absolute Gasteiger partial charge is 0.477 e. The molecule has 16 heavy (non-hydrogen) atoms. The summed E-state index contributed by atoms with van der Waals surface area (Å²) in [7, 11) is 3.55. The molecular formula is C8H8N4O3S. The molecule has 0 aromatic carbocycles. The maximum Gasteiger partial charge on any atom is 0.354 e. The van der Waals surface area contributed by atoms with Crippen LogP contribution in [0.4, 0.5) is 5.13 Å². The lowest BCUT2D eigenvalue weighted by Gasteiger charge is -2.04. The number of carbonyl (C=O) groups is 1. The molecule has 2 rings (SSSR count). The van der Waals surface area contributed by atoms with E-state index in [9.17, 15) is 9.59 Å². The lowest BCUT2D eigenvalue weighted by Crippen LogP contribution is -2.15. The van der Waals surface area contributed by atoms with Crippen molar-refractivity contribution < 1.29 is 9.90 Å². The van der Waals surface area contributed by atoms with Crippen molar-refractivity contribution in [1.82, 2.24) is 14.6 Å². The van der Waals surface area contributed by atoms with Crippen LogP contribution < -0.4 is 10.5 Å². The highest BCUT2D eigenvalue weighted by molar-refractivity contribution is 7.20. The van der Waals surface area contributed by atoms with Crippen molar-refractivity contribution in [3.63, 3.8) is 0 Å². The van der Waals surface area contributed by atoms with Crippen molar-refractivity contribution >= 4 is 27.4 Å². The summed E-state index contributed by atoms with van der Waals surface area (Å²) in [5.41, 5.74) is -0.759. The molecule has 0 atom stereocenters. The molecule has 7 nitrogen and oxygen atoms in total. The van der Waals surface area contributed by atoms with Gasteiger partial charge in [0.25, 0.3) is 5.56 Å². The van der Waals surface area contributed by atoms with Gasteiger partial charge in [-0.3, -0.25) is 4.79 Å². The Morgan fingerprint density at radius 2 is 2.25 bits per heavy atom. The van der Waals surface area contributed by atoms with E-state index in [2.05, 4.69) is 10.1 Å². The Balaban J connectivity index is 2.80. The average molecular weight is 240 g/mol. The molecule has 0 saturated heterocycles. The molecule has 2 aromatic heterocycles. The summed E-state index contributed by atoms with van der Waals surface area (Å²) >= 11 is 1.15. The second kappa shape index (κ2) is 3.56. The summed E-state index contributed by atoms with van der Waals surface area (Å²) in [5, 5.41) is 13.6. The van der Waals surface area contributed by atoms with Gasteiger partial charge in [0.1, 0.15) is 0 Å². The Morgan fingerprint density at radius 1 is 1.56 bits per heavy atom. The Hall–Kier alpha value is -1.96. The van der Waals surface area contributed by atoms with Crippen LogP contribution in [0.15, 0.2) is 10.9 Å². The fraction of sp³-hybridized carbons (Fsp3) is 0.250. The van der Waals surface area contributed by atoms with Gasteiger partial charge in [0.2, 0.25) is 10.1 Å². The topological polar surface area (TPSA) is 87.8 Å². The summed E-state index contributed by atoms with van der Waals surface area (Å²) in [6.07, 6.45) is 0. The van der Waals surface area contributed by atoms with E-state index in [0.717, 1.165) is 21.9 Å². The normalized spacial score (nSPS) is 10.6. The number of aromatic nitrogens is 3. The van der Waals surface area contributed by atoms with Gasteiger partial charge in [-0.1, -0.05) is 11.3 Å². The van der Waals surface area contributed by atoms with Crippen LogP contribution in [-0.4, -0.2) is 39.8 Å². The van der Waals surface area contributed by atoms with Crippen molar-refractivity contribution in [3.8, 4) is 0 Å². The Bertz CT molecular complexity index is 615. The van der Waals surface area contributed by atoms with E-state index >= 15 is 0 Å². The van der Waals surface area contributed by atoms with Crippen LogP contribution in [0.25, 0.3) is 4.96 Å². The summed E-state index contributed by atoms with van der Waals surface area (Å²) in [6.45, 7) is 0. The summed E-state index contributed by atoms with van der Waals surface area (Å²) in [6, 6.07) is 0.953. The number of aromatic carboxylic acids is 1. The van der Waals surface area contributed by atoms with E-state index in [1.807, 2.05) is 0 Å². The minimum atomic E-state index is -1.20. The molecule has 0 bridgehead atoms. The maximum absolute atomic E-state index is 11.2. The van der Waals surface area contributed by atoms with Crippen molar-refractivity contribution in [3.05, 3.63) is 22.1 Å². The first-order chi connectivity index (χ1) is 7.49. The average Bonchev–Trinajstić information content (AvgIpc) is 2.59. The molecule has 0 aliphatic heterocycles. The predicted molar refractivity (Wildman–Crippen MR) is 58.4 cm³/mol. The number of hydrogen-bond acceptors (Lipinski definition) is 6. The fourth-order valence-electron chi connectivity index (χ4n) is 1.14. The lowest BCUT2D eigenvalue weighted by molar-refractivity contribution is 0.0687. The molecule has 2 heterocycles. The Morgan fingerprint density at radius 3 is 2.81 bits per heavy atom. The summed E-state index contributed by atoms with van der Waals surface area (Å²) < 4.78 is 1.16. The van der Waals surface area contributed by atoms with E-state index in [4.69, 9.17) is 5.11 Å². The smallest absolute Gasteiger partial charge is 0.354 e. The van der Waals surface area contributed by atoms with Crippen molar-refractivity contribution in [2.45, 2.75) is 0 Å². The molecule has 0 saturated carbocycles. The van der Waals surface area contributed by atoms with Gasteiger partial charge in [0, 0.05) is 20.2 Å².